The van der Waals surface area contributed by atoms with Crippen LogP contribution in [0.3, 0.4) is 0 Å². The van der Waals surface area contributed by atoms with Crippen molar-refractivity contribution in [3.63, 3.8) is 0 Å². The van der Waals surface area contributed by atoms with Gasteiger partial charge in [-0.1, -0.05) is 13.0 Å². The summed E-state index contributed by atoms with van der Waals surface area (Å²) >= 11 is 2.10. The fraction of sp³-hybridized carbons (Fsp3) is 0.533. The fourth-order valence-electron chi connectivity index (χ4n) is 2.78. The molecule has 1 unspecified atom stereocenters. The van der Waals surface area contributed by atoms with Crippen LogP contribution in [0.4, 0.5) is 5.82 Å². The molecule has 0 bridgehead atoms. The zero-order chi connectivity index (χ0) is 13.9. The number of thioether (sulfide) groups is 1. The summed E-state index contributed by atoms with van der Waals surface area (Å²) in [6.07, 6.45) is 3.34. The van der Waals surface area contributed by atoms with E-state index in [9.17, 15) is 0 Å². The summed E-state index contributed by atoms with van der Waals surface area (Å²) in [5.41, 5.74) is 2.31. The Balaban J connectivity index is 1.99. The largest absolute Gasteiger partial charge is 0.353 e. The van der Waals surface area contributed by atoms with Crippen molar-refractivity contribution in [2.45, 2.75) is 25.1 Å². The van der Waals surface area contributed by atoms with Gasteiger partial charge in [-0.05, 0) is 25.6 Å². The summed E-state index contributed by atoms with van der Waals surface area (Å²) in [7, 11) is 1.99. The zero-order valence-electron chi connectivity index (χ0n) is 12.2. The van der Waals surface area contributed by atoms with E-state index in [0.29, 0.717) is 0 Å². The van der Waals surface area contributed by atoms with Crippen molar-refractivity contribution < 1.29 is 0 Å². The minimum Gasteiger partial charge on any atom is -0.353 e. The predicted octanol–water partition coefficient (Wildman–Crippen LogP) is 2.39. The second-order valence-electron chi connectivity index (χ2n) is 5.19. The first-order chi connectivity index (χ1) is 9.83. The number of imidazole rings is 1. The summed E-state index contributed by atoms with van der Waals surface area (Å²) in [6.45, 7) is 5.34. The van der Waals surface area contributed by atoms with Crippen LogP contribution >= 0.6 is 11.8 Å². The van der Waals surface area contributed by atoms with E-state index >= 15 is 0 Å². The molecule has 2 aromatic heterocycles. The maximum Gasteiger partial charge on any atom is 0.152 e. The number of hydrogen-bond acceptors (Lipinski definition) is 4. The van der Waals surface area contributed by atoms with Gasteiger partial charge in [0.15, 0.2) is 5.82 Å². The number of hydrogen-bond donors (Lipinski definition) is 1. The summed E-state index contributed by atoms with van der Waals surface area (Å²) in [5, 5.41) is 4.01. The van der Waals surface area contributed by atoms with Crippen molar-refractivity contribution in [2.24, 2.45) is 0 Å². The minimum absolute atomic E-state index is 0.732. The molecule has 1 fully saturated rings. The van der Waals surface area contributed by atoms with Gasteiger partial charge in [-0.2, -0.15) is 11.8 Å². The smallest absolute Gasteiger partial charge is 0.152 e. The van der Waals surface area contributed by atoms with E-state index in [1.165, 1.54) is 17.9 Å². The molecule has 3 rings (SSSR count). The topological polar surface area (TPSA) is 32.6 Å². The number of anilines is 1. The Morgan fingerprint density at radius 3 is 3.15 bits per heavy atom. The van der Waals surface area contributed by atoms with Gasteiger partial charge in [0.1, 0.15) is 5.65 Å². The lowest BCUT2D eigenvalue weighted by Gasteiger charge is -2.32. The van der Waals surface area contributed by atoms with E-state index < -0.39 is 0 Å². The van der Waals surface area contributed by atoms with Gasteiger partial charge in [0, 0.05) is 36.8 Å². The molecule has 3 heterocycles. The molecule has 5 heteroatoms. The molecule has 1 aliphatic heterocycles. The third-order valence-electron chi connectivity index (χ3n) is 3.85. The molecular weight excluding hydrogens is 268 g/mol. The monoisotopic (exact) mass is 290 g/mol. The molecule has 20 heavy (non-hydrogen) atoms. The highest BCUT2D eigenvalue weighted by atomic mass is 32.2. The highest BCUT2D eigenvalue weighted by Gasteiger charge is 2.24. The third-order valence-corrected chi connectivity index (χ3v) is 5.22. The quantitative estimate of drug-likeness (QED) is 0.937. The summed E-state index contributed by atoms with van der Waals surface area (Å²) in [4.78, 5) is 7.33. The van der Waals surface area contributed by atoms with Crippen LogP contribution < -0.4 is 10.2 Å². The second kappa shape index (κ2) is 6.06. The lowest BCUT2D eigenvalue weighted by molar-refractivity contribution is 0.708. The zero-order valence-corrected chi connectivity index (χ0v) is 13.0. The Hall–Kier alpha value is -1.20. The molecule has 0 aliphatic carbocycles. The SMILES string of the molecule is CCC1CN(c2nc3ccccn3c2CNC)CCS1. The van der Waals surface area contributed by atoms with E-state index in [4.69, 9.17) is 4.98 Å². The number of nitrogens with zero attached hydrogens (tertiary/aromatic N) is 3. The maximum absolute atomic E-state index is 4.86. The Bertz CT molecular complexity index is 580. The Labute approximate surface area is 124 Å². The molecule has 0 amide bonds. The third kappa shape index (κ3) is 2.52. The normalized spacial score (nSPS) is 19.7. The van der Waals surface area contributed by atoms with Crippen LogP contribution in [-0.4, -0.2) is 40.5 Å². The summed E-state index contributed by atoms with van der Waals surface area (Å²) in [5.74, 6) is 2.36. The molecule has 108 valence electrons. The van der Waals surface area contributed by atoms with Crippen LogP contribution in [0.5, 0.6) is 0 Å². The van der Waals surface area contributed by atoms with Gasteiger partial charge in [-0.25, -0.2) is 4.98 Å². The first kappa shape index (κ1) is 13.8. The molecule has 0 radical (unpaired) electrons. The van der Waals surface area contributed by atoms with Crippen molar-refractivity contribution in [1.82, 2.24) is 14.7 Å². The van der Waals surface area contributed by atoms with Gasteiger partial charge in [0.05, 0.1) is 5.69 Å². The molecule has 1 aliphatic rings. The Morgan fingerprint density at radius 1 is 1.45 bits per heavy atom. The molecule has 0 saturated carbocycles. The van der Waals surface area contributed by atoms with Gasteiger partial charge in [0.25, 0.3) is 0 Å². The lowest BCUT2D eigenvalue weighted by Crippen LogP contribution is -2.38. The highest BCUT2D eigenvalue weighted by Crippen LogP contribution is 2.28. The number of aromatic nitrogens is 2. The molecule has 1 N–H and O–H groups in total. The summed E-state index contributed by atoms with van der Waals surface area (Å²) in [6, 6.07) is 6.20. The van der Waals surface area contributed by atoms with E-state index in [-0.39, 0.29) is 0 Å². The molecule has 0 aromatic carbocycles. The average Bonchev–Trinajstić information content (AvgIpc) is 2.87. The van der Waals surface area contributed by atoms with Crippen molar-refractivity contribution in [3.05, 3.63) is 30.1 Å². The predicted molar refractivity (Wildman–Crippen MR) is 86.7 cm³/mol. The van der Waals surface area contributed by atoms with Crippen molar-refractivity contribution in [1.29, 1.82) is 0 Å². The summed E-state index contributed by atoms with van der Waals surface area (Å²) < 4.78 is 2.20. The molecule has 1 atom stereocenters. The number of rotatable bonds is 4. The Kier molecular flexibility index (Phi) is 4.17. The second-order valence-corrected chi connectivity index (χ2v) is 6.60. The number of nitrogens with one attached hydrogen (secondary N) is 1. The fourth-order valence-corrected chi connectivity index (χ4v) is 3.96. The maximum atomic E-state index is 4.86. The van der Waals surface area contributed by atoms with E-state index in [1.807, 2.05) is 7.05 Å². The number of fused-ring (bicyclic) bond motifs is 1. The minimum atomic E-state index is 0.732. The molecular formula is C15H22N4S. The first-order valence-electron chi connectivity index (χ1n) is 7.30. The van der Waals surface area contributed by atoms with Crippen LogP contribution in [0.25, 0.3) is 5.65 Å². The van der Waals surface area contributed by atoms with Crippen LogP contribution in [-0.2, 0) is 6.54 Å². The molecule has 0 spiro atoms. The standard InChI is InChI=1S/C15H22N4S/c1-3-12-11-18(8-9-20-12)15-13(10-16-2)19-7-5-4-6-14(19)17-15/h4-7,12,16H,3,8-11H2,1-2H3. The van der Waals surface area contributed by atoms with E-state index in [2.05, 4.69) is 57.7 Å². The van der Waals surface area contributed by atoms with Crippen molar-refractivity contribution >= 4 is 23.2 Å². The molecule has 2 aromatic rings. The van der Waals surface area contributed by atoms with Gasteiger partial charge in [0.2, 0.25) is 0 Å². The average molecular weight is 290 g/mol. The molecule has 4 nitrogen and oxygen atoms in total. The highest BCUT2D eigenvalue weighted by molar-refractivity contribution is 8.00. The van der Waals surface area contributed by atoms with Crippen LogP contribution in [0.1, 0.15) is 19.0 Å². The van der Waals surface area contributed by atoms with Crippen LogP contribution in [0.2, 0.25) is 0 Å². The number of pyridine rings is 1. The van der Waals surface area contributed by atoms with Gasteiger partial charge < -0.3 is 14.6 Å². The van der Waals surface area contributed by atoms with Gasteiger partial charge in [-0.15, -0.1) is 0 Å². The van der Waals surface area contributed by atoms with Crippen LogP contribution in [0.15, 0.2) is 24.4 Å². The van der Waals surface area contributed by atoms with Crippen LogP contribution in [0, 0.1) is 0 Å². The Morgan fingerprint density at radius 2 is 2.35 bits per heavy atom. The van der Waals surface area contributed by atoms with E-state index in [1.54, 1.807) is 0 Å². The van der Waals surface area contributed by atoms with Gasteiger partial charge in [-0.3, -0.25) is 0 Å². The van der Waals surface area contributed by atoms with Crippen molar-refractivity contribution in [3.8, 4) is 0 Å². The first-order valence-corrected chi connectivity index (χ1v) is 8.35. The van der Waals surface area contributed by atoms with E-state index in [0.717, 1.165) is 36.3 Å². The lowest BCUT2D eigenvalue weighted by atomic mass is 10.2. The van der Waals surface area contributed by atoms with Crippen molar-refractivity contribution in [2.75, 3.05) is 30.8 Å². The molecule has 1 saturated heterocycles. The van der Waals surface area contributed by atoms with Gasteiger partial charge >= 0.3 is 0 Å².